The average Bonchev–Trinajstić information content (AvgIpc) is 3.13. The molecule has 1 heterocycles. The number of carbonyl (C=O) groups is 2. The molecular formula is C16H24ClFN6O3. The quantitative estimate of drug-likeness (QED) is 0.250. The highest BCUT2D eigenvalue weighted by Gasteiger charge is 2.27. The fraction of sp³-hybridized carbons (Fsp3) is 0.625. The van der Waals surface area contributed by atoms with Gasteiger partial charge in [0.25, 0.3) is 0 Å². The smallest absolute Gasteiger partial charge is 0.243 e. The number of hydrogen-bond acceptors (Lipinski definition) is 7. The molecule has 0 radical (unpaired) electrons. The molecule has 1 aromatic rings. The van der Waals surface area contributed by atoms with Gasteiger partial charge in [0.05, 0.1) is 12.5 Å². The first-order valence-corrected chi connectivity index (χ1v) is 9.06. The van der Waals surface area contributed by atoms with Gasteiger partial charge in [-0.1, -0.05) is 25.7 Å². The summed E-state index contributed by atoms with van der Waals surface area (Å²) >= 11 is 5.80. The van der Waals surface area contributed by atoms with Crippen LogP contribution in [0.1, 0.15) is 32.1 Å². The molecule has 1 atom stereocenters. The minimum Gasteiger partial charge on any atom is -0.360 e. The minimum absolute atomic E-state index is 0.0308. The topological polar surface area (TPSA) is 111 Å². The fourth-order valence-electron chi connectivity index (χ4n) is 3.19. The Morgan fingerprint density at radius 3 is 2.67 bits per heavy atom. The third kappa shape index (κ3) is 5.90. The van der Waals surface area contributed by atoms with E-state index in [0.717, 1.165) is 25.7 Å². The van der Waals surface area contributed by atoms with Crippen molar-refractivity contribution >= 4 is 35.6 Å². The zero-order chi connectivity index (χ0) is 20.0. The maximum atomic E-state index is 14.4. The second-order valence-corrected chi connectivity index (χ2v) is 7.14. The molecule has 11 heteroatoms. The van der Waals surface area contributed by atoms with E-state index in [1.807, 2.05) is 0 Å². The minimum atomic E-state index is -0.770. The van der Waals surface area contributed by atoms with Gasteiger partial charge in [0, 0.05) is 14.1 Å². The van der Waals surface area contributed by atoms with E-state index in [9.17, 15) is 19.2 Å². The van der Waals surface area contributed by atoms with Crippen LogP contribution in [-0.4, -0.2) is 53.2 Å². The van der Waals surface area contributed by atoms with E-state index in [2.05, 4.69) is 20.8 Å². The van der Waals surface area contributed by atoms with Gasteiger partial charge in [-0.15, -0.1) is 0 Å². The first kappa shape index (κ1) is 21.1. The van der Waals surface area contributed by atoms with E-state index >= 15 is 0 Å². The van der Waals surface area contributed by atoms with Crippen LogP contribution in [-0.2, 0) is 9.59 Å². The molecule has 0 aliphatic heterocycles. The predicted octanol–water partition coefficient (Wildman–Crippen LogP) is 1.82. The number of carbonyl (C=O) groups excluding carboxylic acids is 2. The summed E-state index contributed by atoms with van der Waals surface area (Å²) in [6, 6.07) is 0. The van der Waals surface area contributed by atoms with Crippen LogP contribution in [0.25, 0.3) is 0 Å². The Bertz CT molecular complexity index is 672. The predicted molar refractivity (Wildman–Crippen MR) is 97.7 cm³/mol. The maximum absolute atomic E-state index is 14.4. The highest BCUT2D eigenvalue weighted by atomic mass is 35.5. The van der Waals surface area contributed by atoms with Gasteiger partial charge in [-0.25, -0.2) is 5.06 Å². The van der Waals surface area contributed by atoms with Gasteiger partial charge in [0.2, 0.25) is 23.4 Å². The lowest BCUT2D eigenvalue weighted by atomic mass is 9.92. The van der Waals surface area contributed by atoms with Gasteiger partial charge in [-0.2, -0.15) is 14.4 Å². The Hall–Kier alpha value is -2.20. The molecule has 1 saturated carbocycles. The summed E-state index contributed by atoms with van der Waals surface area (Å²) in [5.41, 5.74) is 4.81. The lowest BCUT2D eigenvalue weighted by molar-refractivity contribution is -0.154. The van der Waals surface area contributed by atoms with Gasteiger partial charge < -0.3 is 4.90 Å². The van der Waals surface area contributed by atoms with E-state index in [1.54, 1.807) is 14.1 Å². The summed E-state index contributed by atoms with van der Waals surface area (Å²) in [5, 5.41) is 9.73. The molecule has 27 heavy (non-hydrogen) atoms. The van der Waals surface area contributed by atoms with Crippen LogP contribution in [0.4, 0.5) is 16.0 Å². The average molecular weight is 403 g/mol. The molecule has 150 valence electrons. The molecule has 9 nitrogen and oxygen atoms in total. The van der Waals surface area contributed by atoms with Crippen molar-refractivity contribution in [1.29, 1.82) is 0 Å². The molecule has 0 aromatic carbocycles. The summed E-state index contributed by atoms with van der Waals surface area (Å²) in [6.07, 6.45) is 4.99. The zero-order valence-electron chi connectivity index (χ0n) is 15.3. The number of hydrogen-bond donors (Lipinski definition) is 3. The van der Waals surface area contributed by atoms with Gasteiger partial charge in [-0.3, -0.25) is 25.6 Å². The molecule has 0 bridgehead atoms. The third-order valence-corrected chi connectivity index (χ3v) is 4.70. The van der Waals surface area contributed by atoms with Crippen molar-refractivity contribution in [3.05, 3.63) is 11.1 Å². The maximum Gasteiger partial charge on any atom is 0.243 e. The van der Waals surface area contributed by atoms with Crippen LogP contribution < -0.4 is 15.8 Å². The standard InChI is InChI=1S/C16H24ClFN6O3/c1-23(2)14-12(18)13(19-16(17)20-14)21-22-15(26)11(8-24(27)9-25)7-10-5-3-4-6-10/h9-11,27H,3-8H2,1-2H3,(H,22,26)(H,19,20,21)/t11-/m0/s1. The first-order valence-electron chi connectivity index (χ1n) is 8.68. The second kappa shape index (κ2) is 9.65. The number of hydroxylamine groups is 2. The summed E-state index contributed by atoms with van der Waals surface area (Å²) < 4.78 is 14.4. The van der Waals surface area contributed by atoms with Crippen molar-refractivity contribution < 1.29 is 19.2 Å². The Morgan fingerprint density at radius 2 is 2.07 bits per heavy atom. The highest BCUT2D eigenvalue weighted by Crippen LogP contribution is 2.30. The lowest BCUT2D eigenvalue weighted by Gasteiger charge is -2.22. The number of nitrogens with one attached hydrogen (secondary N) is 2. The van der Waals surface area contributed by atoms with Gasteiger partial charge in [0.1, 0.15) is 0 Å². The number of rotatable bonds is 9. The molecule has 1 fully saturated rings. The van der Waals surface area contributed by atoms with E-state index < -0.39 is 17.6 Å². The van der Waals surface area contributed by atoms with Gasteiger partial charge in [-0.05, 0) is 23.9 Å². The molecule has 2 rings (SSSR count). The number of nitrogens with zero attached hydrogens (tertiary/aromatic N) is 4. The molecule has 0 saturated heterocycles. The van der Waals surface area contributed by atoms with Gasteiger partial charge in [0.15, 0.2) is 11.6 Å². The molecule has 1 aromatic heterocycles. The fourth-order valence-corrected chi connectivity index (χ4v) is 3.36. The first-order chi connectivity index (χ1) is 12.8. The highest BCUT2D eigenvalue weighted by molar-refractivity contribution is 6.28. The molecule has 0 unspecified atom stereocenters. The van der Waals surface area contributed by atoms with E-state index in [4.69, 9.17) is 11.6 Å². The molecule has 1 aliphatic rings. The number of anilines is 2. The van der Waals surface area contributed by atoms with Crippen LogP contribution in [0.3, 0.4) is 0 Å². The molecular weight excluding hydrogens is 379 g/mol. The van der Waals surface area contributed by atoms with Gasteiger partial charge >= 0.3 is 0 Å². The number of aromatic nitrogens is 2. The van der Waals surface area contributed by atoms with Crippen LogP contribution in [0.2, 0.25) is 5.28 Å². The van der Waals surface area contributed by atoms with E-state index in [1.165, 1.54) is 4.90 Å². The Balaban J connectivity index is 2.06. The number of amides is 2. The Morgan fingerprint density at radius 1 is 1.41 bits per heavy atom. The van der Waals surface area contributed by atoms with Crippen LogP contribution in [0, 0.1) is 17.7 Å². The summed E-state index contributed by atoms with van der Waals surface area (Å²) in [6.45, 7) is -0.149. The monoisotopic (exact) mass is 402 g/mol. The molecule has 1 aliphatic carbocycles. The van der Waals surface area contributed by atoms with Crippen molar-refractivity contribution in [2.75, 3.05) is 31.0 Å². The summed E-state index contributed by atoms with van der Waals surface area (Å²) in [5.74, 6) is -1.85. The molecule has 3 N–H and O–H groups in total. The van der Waals surface area contributed by atoms with Crippen molar-refractivity contribution in [2.24, 2.45) is 11.8 Å². The van der Waals surface area contributed by atoms with Crippen molar-refractivity contribution in [2.45, 2.75) is 32.1 Å². The zero-order valence-corrected chi connectivity index (χ0v) is 16.0. The molecule has 0 spiro atoms. The van der Waals surface area contributed by atoms with Crippen molar-refractivity contribution in [1.82, 2.24) is 20.5 Å². The number of hydrazine groups is 1. The number of halogens is 2. The third-order valence-electron chi connectivity index (χ3n) is 4.53. The van der Waals surface area contributed by atoms with E-state index in [0.29, 0.717) is 17.4 Å². The van der Waals surface area contributed by atoms with Crippen molar-refractivity contribution in [3.63, 3.8) is 0 Å². The Kier molecular flexibility index (Phi) is 7.55. The second-order valence-electron chi connectivity index (χ2n) is 6.80. The van der Waals surface area contributed by atoms with Crippen LogP contribution >= 0.6 is 11.6 Å². The lowest BCUT2D eigenvalue weighted by Crippen LogP contribution is -2.41. The van der Waals surface area contributed by atoms with Crippen LogP contribution in [0.5, 0.6) is 0 Å². The SMILES string of the molecule is CN(C)c1nc(Cl)nc(NNC(=O)[C@@H](CC2CCCC2)CN(O)C=O)c1F. The Labute approximate surface area is 161 Å². The van der Waals surface area contributed by atoms with E-state index in [-0.39, 0.29) is 29.9 Å². The normalized spacial score (nSPS) is 15.3. The van der Waals surface area contributed by atoms with Crippen molar-refractivity contribution in [3.8, 4) is 0 Å². The largest absolute Gasteiger partial charge is 0.360 e. The molecule has 2 amide bonds. The summed E-state index contributed by atoms with van der Waals surface area (Å²) in [7, 11) is 3.19. The summed E-state index contributed by atoms with van der Waals surface area (Å²) in [4.78, 5) is 32.2. The van der Waals surface area contributed by atoms with Crippen LogP contribution in [0.15, 0.2) is 0 Å².